The second kappa shape index (κ2) is 7.11. The molecule has 5 heteroatoms. The molecule has 1 rings (SSSR count). The lowest BCUT2D eigenvalue weighted by Crippen LogP contribution is -2.41. The Balaban J connectivity index is 2.63. The van der Waals surface area contributed by atoms with E-state index in [0.717, 1.165) is 10.0 Å². The summed E-state index contributed by atoms with van der Waals surface area (Å²) in [6.07, 6.45) is 1.45. The van der Waals surface area contributed by atoms with E-state index < -0.39 is 0 Å². The smallest absolute Gasteiger partial charge is 0.263 e. The predicted octanol–water partition coefficient (Wildman–Crippen LogP) is 2.86. The van der Waals surface area contributed by atoms with E-state index in [-0.39, 0.29) is 17.0 Å². The third kappa shape index (κ3) is 5.89. The summed E-state index contributed by atoms with van der Waals surface area (Å²) in [5.74, 6) is -0.373. The number of nitrogens with zero attached hydrogens (tertiary/aromatic N) is 1. The number of hydrogen-bond acceptors (Lipinski definition) is 3. The average Bonchev–Trinajstić information content (AvgIpc) is 2.32. The van der Waals surface area contributed by atoms with Crippen molar-refractivity contribution in [3.63, 3.8) is 0 Å². The van der Waals surface area contributed by atoms with Gasteiger partial charge in [-0.25, -0.2) is 0 Å². The van der Waals surface area contributed by atoms with Gasteiger partial charge < -0.3 is 10.6 Å². The molecule has 20 heavy (non-hydrogen) atoms. The first kappa shape index (κ1) is 16.3. The molecule has 0 aliphatic rings. The third-order valence-electron chi connectivity index (χ3n) is 2.30. The summed E-state index contributed by atoms with van der Waals surface area (Å²) >= 11 is 3.39. The van der Waals surface area contributed by atoms with Crippen molar-refractivity contribution in [2.45, 2.75) is 32.9 Å². The minimum Gasteiger partial charge on any atom is -0.386 e. The van der Waals surface area contributed by atoms with Gasteiger partial charge in [-0.1, -0.05) is 28.1 Å². The number of rotatable bonds is 4. The van der Waals surface area contributed by atoms with Crippen LogP contribution in [0.3, 0.4) is 0 Å². The fraction of sp³-hybridized carbons (Fsp3) is 0.333. The van der Waals surface area contributed by atoms with Crippen LogP contribution in [-0.4, -0.2) is 11.4 Å². The summed E-state index contributed by atoms with van der Waals surface area (Å²) in [5, 5.41) is 14.7. The highest BCUT2D eigenvalue weighted by atomic mass is 79.9. The van der Waals surface area contributed by atoms with Crippen LogP contribution >= 0.6 is 15.9 Å². The molecule has 4 nitrogen and oxygen atoms in total. The Hall–Kier alpha value is -1.80. The van der Waals surface area contributed by atoms with Gasteiger partial charge >= 0.3 is 0 Å². The molecule has 0 spiro atoms. The second-order valence-corrected chi connectivity index (χ2v) is 6.30. The Labute approximate surface area is 128 Å². The van der Waals surface area contributed by atoms with Gasteiger partial charge in [-0.3, -0.25) is 4.79 Å². The van der Waals surface area contributed by atoms with Gasteiger partial charge in [0.15, 0.2) is 0 Å². The lowest BCUT2D eigenvalue weighted by molar-refractivity contribution is -0.118. The third-order valence-corrected chi connectivity index (χ3v) is 2.79. The summed E-state index contributed by atoms with van der Waals surface area (Å²) in [6, 6.07) is 9.71. The van der Waals surface area contributed by atoms with Gasteiger partial charge in [0.05, 0.1) is 0 Å². The molecule has 2 N–H and O–H groups in total. The molecule has 0 fully saturated rings. The molecular formula is C15H18BrN3O. The fourth-order valence-electron chi connectivity index (χ4n) is 1.47. The topological polar surface area (TPSA) is 64.9 Å². The lowest BCUT2D eigenvalue weighted by atomic mass is 10.1. The number of carbonyl (C=O) groups excluding carboxylic acids is 1. The van der Waals surface area contributed by atoms with Crippen molar-refractivity contribution in [2.75, 3.05) is 0 Å². The minimum atomic E-state index is -0.373. The summed E-state index contributed by atoms with van der Waals surface area (Å²) in [6.45, 7) is 6.16. The van der Waals surface area contributed by atoms with Crippen molar-refractivity contribution in [1.82, 2.24) is 10.6 Å². The van der Waals surface area contributed by atoms with Crippen LogP contribution in [0.1, 0.15) is 26.3 Å². The number of benzene rings is 1. The van der Waals surface area contributed by atoms with Crippen LogP contribution in [0, 0.1) is 11.3 Å². The highest BCUT2D eigenvalue weighted by molar-refractivity contribution is 9.10. The van der Waals surface area contributed by atoms with E-state index in [1.54, 1.807) is 0 Å². The van der Waals surface area contributed by atoms with Gasteiger partial charge in [0.1, 0.15) is 11.6 Å². The zero-order valence-electron chi connectivity index (χ0n) is 11.8. The van der Waals surface area contributed by atoms with Crippen LogP contribution in [0.5, 0.6) is 0 Å². The van der Waals surface area contributed by atoms with E-state index >= 15 is 0 Å². The van der Waals surface area contributed by atoms with Gasteiger partial charge in [-0.2, -0.15) is 5.26 Å². The van der Waals surface area contributed by atoms with Crippen LogP contribution in [0.4, 0.5) is 0 Å². The van der Waals surface area contributed by atoms with Gasteiger partial charge in [-0.15, -0.1) is 0 Å². The maximum absolute atomic E-state index is 11.8. The Kier molecular flexibility index (Phi) is 5.78. The number of amides is 1. The highest BCUT2D eigenvalue weighted by Gasteiger charge is 2.16. The minimum absolute atomic E-state index is 0.0647. The van der Waals surface area contributed by atoms with Crippen molar-refractivity contribution in [3.05, 3.63) is 46.1 Å². The van der Waals surface area contributed by atoms with Crippen molar-refractivity contribution in [2.24, 2.45) is 0 Å². The first-order chi connectivity index (χ1) is 9.31. The molecule has 0 saturated carbocycles. The SMILES string of the molecule is CC(C)(C)NC(=O)/C(C#N)=C\NCc1cccc(Br)c1. The van der Waals surface area contributed by atoms with Crippen LogP contribution in [0.2, 0.25) is 0 Å². The maximum Gasteiger partial charge on any atom is 0.263 e. The summed E-state index contributed by atoms with van der Waals surface area (Å²) in [4.78, 5) is 11.8. The van der Waals surface area contributed by atoms with Crippen LogP contribution in [0.25, 0.3) is 0 Å². The molecule has 1 aromatic carbocycles. The normalized spacial score (nSPS) is 11.7. The molecule has 0 aromatic heterocycles. The number of carbonyl (C=O) groups is 1. The molecule has 0 heterocycles. The molecule has 0 saturated heterocycles. The van der Waals surface area contributed by atoms with Crippen molar-refractivity contribution in [3.8, 4) is 6.07 Å². The van der Waals surface area contributed by atoms with Crippen molar-refractivity contribution in [1.29, 1.82) is 5.26 Å². The summed E-state index contributed by atoms with van der Waals surface area (Å²) < 4.78 is 0.992. The zero-order chi connectivity index (χ0) is 15.2. The van der Waals surface area contributed by atoms with Crippen molar-refractivity contribution < 1.29 is 4.79 Å². The van der Waals surface area contributed by atoms with Gasteiger partial charge in [0, 0.05) is 22.8 Å². The van der Waals surface area contributed by atoms with Gasteiger partial charge in [0.2, 0.25) is 0 Å². The number of hydrogen-bond donors (Lipinski definition) is 2. The first-order valence-corrected chi connectivity index (χ1v) is 7.02. The Morgan fingerprint density at radius 1 is 1.45 bits per heavy atom. The van der Waals surface area contributed by atoms with Crippen molar-refractivity contribution >= 4 is 21.8 Å². The second-order valence-electron chi connectivity index (χ2n) is 5.38. The fourth-order valence-corrected chi connectivity index (χ4v) is 1.92. The molecule has 0 radical (unpaired) electrons. The summed E-state index contributed by atoms with van der Waals surface area (Å²) in [5.41, 5.74) is 0.760. The molecule has 0 bridgehead atoms. The Morgan fingerprint density at radius 3 is 2.70 bits per heavy atom. The molecule has 0 atom stereocenters. The summed E-state index contributed by atoms with van der Waals surface area (Å²) in [7, 11) is 0. The maximum atomic E-state index is 11.8. The molecule has 0 aliphatic heterocycles. The first-order valence-electron chi connectivity index (χ1n) is 6.22. The lowest BCUT2D eigenvalue weighted by Gasteiger charge is -2.20. The Bertz CT molecular complexity index is 553. The predicted molar refractivity (Wildman–Crippen MR) is 82.6 cm³/mol. The number of nitriles is 1. The molecular weight excluding hydrogens is 318 g/mol. The molecule has 0 unspecified atom stereocenters. The van der Waals surface area contributed by atoms with Crippen LogP contribution in [0.15, 0.2) is 40.5 Å². The number of nitrogens with one attached hydrogen (secondary N) is 2. The Morgan fingerprint density at radius 2 is 2.15 bits per heavy atom. The van der Waals surface area contributed by atoms with Gasteiger partial charge in [0.25, 0.3) is 5.91 Å². The molecule has 1 aromatic rings. The highest BCUT2D eigenvalue weighted by Crippen LogP contribution is 2.11. The quantitative estimate of drug-likeness (QED) is 0.656. The molecule has 106 valence electrons. The zero-order valence-corrected chi connectivity index (χ0v) is 13.4. The monoisotopic (exact) mass is 335 g/mol. The molecule has 1 amide bonds. The average molecular weight is 336 g/mol. The van der Waals surface area contributed by atoms with E-state index in [9.17, 15) is 4.79 Å². The van der Waals surface area contributed by atoms with E-state index in [1.807, 2.05) is 51.1 Å². The van der Waals surface area contributed by atoms with Crippen LogP contribution in [-0.2, 0) is 11.3 Å². The van der Waals surface area contributed by atoms with E-state index in [4.69, 9.17) is 5.26 Å². The van der Waals surface area contributed by atoms with E-state index in [0.29, 0.717) is 6.54 Å². The van der Waals surface area contributed by atoms with Crippen LogP contribution < -0.4 is 10.6 Å². The van der Waals surface area contributed by atoms with Gasteiger partial charge in [-0.05, 0) is 38.5 Å². The molecule has 0 aliphatic carbocycles. The standard InChI is InChI=1S/C15H18BrN3O/c1-15(2,3)19-14(20)12(8-17)10-18-9-11-5-4-6-13(16)7-11/h4-7,10,18H,9H2,1-3H3,(H,19,20)/b12-10-. The number of halogens is 1. The van der Waals surface area contributed by atoms with E-state index in [2.05, 4.69) is 26.6 Å². The van der Waals surface area contributed by atoms with E-state index in [1.165, 1.54) is 6.20 Å². The largest absolute Gasteiger partial charge is 0.386 e.